The Labute approximate surface area is 107 Å². The zero-order chi connectivity index (χ0) is 14.8. The minimum absolute atomic E-state index is 0.0892. The lowest BCUT2D eigenvalue weighted by atomic mass is 10.3. The molecule has 4 N–H and O–H groups in total. The molecule has 0 saturated carbocycles. The van der Waals surface area contributed by atoms with Gasteiger partial charge in [0.2, 0.25) is 11.9 Å². The summed E-state index contributed by atoms with van der Waals surface area (Å²) in [6.45, 7) is 3.12. The van der Waals surface area contributed by atoms with E-state index in [0.29, 0.717) is 0 Å². The van der Waals surface area contributed by atoms with Gasteiger partial charge in [0.15, 0.2) is 5.69 Å². The maximum absolute atomic E-state index is 12.6. The molecular formula is C10H14F3N5O. The van der Waals surface area contributed by atoms with Gasteiger partial charge in [-0.25, -0.2) is 4.98 Å². The molecule has 1 amide bonds. The fourth-order valence-corrected chi connectivity index (χ4v) is 1.44. The fraction of sp³-hybridized carbons (Fsp3) is 0.500. The first-order valence-corrected chi connectivity index (χ1v) is 5.38. The normalized spacial score (nSPS) is 11.7. The predicted molar refractivity (Wildman–Crippen MR) is 63.1 cm³/mol. The summed E-state index contributed by atoms with van der Waals surface area (Å²) in [7, 11) is 0. The molecule has 9 heteroatoms. The van der Waals surface area contributed by atoms with Crippen molar-refractivity contribution in [1.29, 1.82) is 0 Å². The number of nitrogens with zero attached hydrogens (tertiary/aromatic N) is 3. The zero-order valence-corrected chi connectivity index (χ0v) is 10.4. The zero-order valence-electron chi connectivity index (χ0n) is 10.4. The first kappa shape index (κ1) is 15.0. The highest BCUT2D eigenvalue weighted by atomic mass is 19.4. The van der Waals surface area contributed by atoms with Crippen LogP contribution in [0.25, 0.3) is 0 Å². The highest BCUT2D eigenvalue weighted by molar-refractivity contribution is 5.79. The third kappa shape index (κ3) is 3.97. The van der Waals surface area contributed by atoms with Gasteiger partial charge >= 0.3 is 6.18 Å². The second-order valence-corrected chi connectivity index (χ2v) is 4.16. The van der Waals surface area contributed by atoms with E-state index in [1.165, 1.54) is 4.90 Å². The predicted octanol–water partition coefficient (Wildman–Crippen LogP) is 0.778. The quantitative estimate of drug-likeness (QED) is 0.847. The van der Waals surface area contributed by atoms with Crippen molar-refractivity contribution in [1.82, 2.24) is 9.97 Å². The number of hydrogen-bond acceptors (Lipinski definition) is 5. The second kappa shape index (κ2) is 5.29. The van der Waals surface area contributed by atoms with Crippen molar-refractivity contribution in [2.45, 2.75) is 26.1 Å². The van der Waals surface area contributed by atoms with E-state index >= 15 is 0 Å². The topological polar surface area (TPSA) is 98.1 Å². The van der Waals surface area contributed by atoms with Crippen molar-refractivity contribution in [3.63, 3.8) is 0 Å². The van der Waals surface area contributed by atoms with E-state index in [9.17, 15) is 18.0 Å². The van der Waals surface area contributed by atoms with Crippen LogP contribution in [-0.2, 0) is 11.0 Å². The van der Waals surface area contributed by atoms with Gasteiger partial charge in [0.05, 0.1) is 6.54 Å². The maximum atomic E-state index is 12.6. The number of nitrogen functional groups attached to an aromatic ring is 1. The van der Waals surface area contributed by atoms with Crippen LogP contribution in [0.2, 0.25) is 0 Å². The number of carbonyl (C=O) groups is 1. The SMILES string of the molecule is CC(C)N(CC(N)=O)c1cc(C(F)(F)F)nc(N)n1. The summed E-state index contributed by atoms with van der Waals surface area (Å²) in [5.74, 6) is -1.28. The molecule has 0 unspecified atom stereocenters. The van der Waals surface area contributed by atoms with Crippen molar-refractivity contribution in [3.05, 3.63) is 11.8 Å². The highest BCUT2D eigenvalue weighted by Crippen LogP contribution is 2.30. The number of anilines is 2. The molecule has 0 bridgehead atoms. The molecule has 0 spiro atoms. The number of nitrogens with two attached hydrogens (primary N) is 2. The Morgan fingerprint density at radius 2 is 2.00 bits per heavy atom. The van der Waals surface area contributed by atoms with Crippen molar-refractivity contribution in [2.24, 2.45) is 5.73 Å². The first-order valence-electron chi connectivity index (χ1n) is 5.38. The monoisotopic (exact) mass is 277 g/mol. The van der Waals surface area contributed by atoms with Gasteiger partial charge in [-0.2, -0.15) is 18.2 Å². The van der Waals surface area contributed by atoms with Crippen molar-refractivity contribution in [3.8, 4) is 0 Å². The molecule has 0 atom stereocenters. The summed E-state index contributed by atoms with van der Waals surface area (Å²) >= 11 is 0. The molecule has 1 rings (SSSR count). The van der Waals surface area contributed by atoms with Crippen LogP contribution in [0.15, 0.2) is 6.07 Å². The van der Waals surface area contributed by atoms with Crippen LogP contribution < -0.4 is 16.4 Å². The molecular weight excluding hydrogens is 263 g/mol. The number of halogens is 3. The number of amides is 1. The van der Waals surface area contributed by atoms with E-state index in [0.717, 1.165) is 6.07 Å². The third-order valence-electron chi connectivity index (χ3n) is 2.26. The first-order chi connectivity index (χ1) is 8.61. The van der Waals surface area contributed by atoms with Crippen LogP contribution in [0.5, 0.6) is 0 Å². The molecule has 106 valence electrons. The van der Waals surface area contributed by atoms with Gasteiger partial charge in [-0.3, -0.25) is 4.79 Å². The largest absolute Gasteiger partial charge is 0.433 e. The molecule has 0 aliphatic carbocycles. The average molecular weight is 277 g/mol. The van der Waals surface area contributed by atoms with E-state index in [2.05, 4.69) is 9.97 Å². The standard InChI is InChI=1S/C10H14F3N5O/c1-5(2)18(4-7(14)19)8-3-6(10(11,12)13)16-9(15)17-8/h3,5H,4H2,1-2H3,(H2,14,19)(H2,15,16,17). The molecule has 1 heterocycles. The Kier molecular flexibility index (Phi) is 4.17. The lowest BCUT2D eigenvalue weighted by molar-refractivity contribution is -0.141. The van der Waals surface area contributed by atoms with E-state index < -0.39 is 23.7 Å². The van der Waals surface area contributed by atoms with Gasteiger partial charge in [-0.1, -0.05) is 0 Å². The number of hydrogen-bond donors (Lipinski definition) is 2. The maximum Gasteiger partial charge on any atom is 0.433 e. The van der Waals surface area contributed by atoms with E-state index in [1.807, 2.05) is 0 Å². The number of carbonyl (C=O) groups excluding carboxylic acids is 1. The summed E-state index contributed by atoms with van der Waals surface area (Å²) in [6, 6.07) is 0.460. The molecule has 0 aliphatic rings. The van der Waals surface area contributed by atoms with Gasteiger partial charge in [-0.15, -0.1) is 0 Å². The molecule has 0 fully saturated rings. The van der Waals surface area contributed by atoms with Gasteiger partial charge in [0.25, 0.3) is 0 Å². The van der Waals surface area contributed by atoms with Crippen molar-refractivity contribution >= 4 is 17.7 Å². The number of aromatic nitrogens is 2. The lowest BCUT2D eigenvalue weighted by Gasteiger charge is -2.26. The van der Waals surface area contributed by atoms with Gasteiger partial charge in [0.1, 0.15) is 5.82 Å². The second-order valence-electron chi connectivity index (χ2n) is 4.16. The van der Waals surface area contributed by atoms with Crippen LogP contribution in [0.3, 0.4) is 0 Å². The van der Waals surface area contributed by atoms with Crippen LogP contribution in [0.1, 0.15) is 19.5 Å². The van der Waals surface area contributed by atoms with Gasteiger partial charge < -0.3 is 16.4 Å². The van der Waals surface area contributed by atoms with E-state index in [4.69, 9.17) is 11.5 Å². The van der Waals surface area contributed by atoms with Crippen molar-refractivity contribution < 1.29 is 18.0 Å². The molecule has 0 aromatic carbocycles. The molecule has 19 heavy (non-hydrogen) atoms. The third-order valence-corrected chi connectivity index (χ3v) is 2.26. The van der Waals surface area contributed by atoms with Gasteiger partial charge in [0, 0.05) is 12.1 Å². The molecule has 1 aromatic heterocycles. The molecule has 0 aliphatic heterocycles. The summed E-state index contributed by atoms with van der Waals surface area (Å²) in [4.78, 5) is 19.1. The smallest absolute Gasteiger partial charge is 0.368 e. The van der Waals surface area contributed by atoms with E-state index in [-0.39, 0.29) is 18.4 Å². The number of rotatable bonds is 4. The summed E-state index contributed by atoms with van der Waals surface area (Å²) in [6.07, 6.45) is -4.64. The van der Waals surface area contributed by atoms with Crippen LogP contribution in [0.4, 0.5) is 24.9 Å². The Morgan fingerprint density at radius 3 is 2.42 bits per heavy atom. The van der Waals surface area contributed by atoms with Gasteiger partial charge in [-0.05, 0) is 13.8 Å². The molecule has 1 aromatic rings. The minimum atomic E-state index is -4.64. The van der Waals surface area contributed by atoms with E-state index in [1.54, 1.807) is 13.8 Å². The highest BCUT2D eigenvalue weighted by Gasteiger charge is 2.34. The minimum Gasteiger partial charge on any atom is -0.368 e. The average Bonchev–Trinajstić information content (AvgIpc) is 2.23. The lowest BCUT2D eigenvalue weighted by Crippen LogP contribution is -2.39. The van der Waals surface area contributed by atoms with Crippen LogP contribution in [0, 0.1) is 0 Å². The Hall–Kier alpha value is -2.06. The summed E-state index contributed by atoms with van der Waals surface area (Å²) < 4.78 is 37.9. The number of primary amides is 1. The summed E-state index contributed by atoms with van der Waals surface area (Å²) in [5, 5.41) is 0. The van der Waals surface area contributed by atoms with Crippen LogP contribution in [-0.4, -0.2) is 28.5 Å². The number of alkyl halides is 3. The summed E-state index contributed by atoms with van der Waals surface area (Å²) in [5.41, 5.74) is 9.15. The Bertz CT molecular complexity index is 475. The molecule has 0 radical (unpaired) electrons. The fourth-order valence-electron chi connectivity index (χ4n) is 1.44. The molecule has 0 saturated heterocycles. The Morgan fingerprint density at radius 1 is 1.42 bits per heavy atom. The van der Waals surface area contributed by atoms with Crippen LogP contribution >= 0.6 is 0 Å². The molecule has 6 nitrogen and oxygen atoms in total. The van der Waals surface area contributed by atoms with Crippen molar-refractivity contribution in [2.75, 3.05) is 17.2 Å². The Balaban J connectivity index is 3.24.